The van der Waals surface area contributed by atoms with Crippen LogP contribution >= 0.6 is 0 Å². The Morgan fingerprint density at radius 3 is 1.94 bits per heavy atom. The SMILES string of the molecule is CCCC(CCCc1ccc(-c2ccc(C)c(F)c2F)c(F)c1F)c1ccc(C)cc1. The van der Waals surface area contributed by atoms with Crippen molar-refractivity contribution < 1.29 is 17.6 Å². The van der Waals surface area contributed by atoms with E-state index in [4.69, 9.17) is 0 Å². The lowest BCUT2D eigenvalue weighted by atomic mass is 9.88. The van der Waals surface area contributed by atoms with Gasteiger partial charge in [-0.1, -0.05) is 67.4 Å². The highest BCUT2D eigenvalue weighted by Gasteiger charge is 2.20. The van der Waals surface area contributed by atoms with Crippen molar-refractivity contribution >= 4 is 0 Å². The van der Waals surface area contributed by atoms with Gasteiger partial charge in [-0.25, -0.2) is 17.6 Å². The van der Waals surface area contributed by atoms with Crippen molar-refractivity contribution in [3.63, 3.8) is 0 Å². The fourth-order valence-corrected chi connectivity index (χ4v) is 4.05. The van der Waals surface area contributed by atoms with Crippen LogP contribution in [0.5, 0.6) is 0 Å². The zero-order valence-corrected chi connectivity index (χ0v) is 18.2. The Hall–Kier alpha value is -2.62. The van der Waals surface area contributed by atoms with E-state index in [1.165, 1.54) is 42.3 Å². The molecule has 4 heteroatoms. The minimum absolute atomic E-state index is 0.119. The summed E-state index contributed by atoms with van der Waals surface area (Å²) in [6, 6.07) is 13.9. The molecular weight excluding hydrogens is 400 g/mol. The number of hydrogen-bond acceptors (Lipinski definition) is 0. The van der Waals surface area contributed by atoms with Crippen molar-refractivity contribution in [2.45, 2.75) is 58.8 Å². The third kappa shape index (κ3) is 5.17. The molecular formula is C27H28F4. The predicted molar refractivity (Wildman–Crippen MR) is 118 cm³/mol. The van der Waals surface area contributed by atoms with Gasteiger partial charge in [0.05, 0.1) is 0 Å². The second kappa shape index (κ2) is 10.1. The molecule has 0 radical (unpaired) electrons. The zero-order valence-electron chi connectivity index (χ0n) is 18.2. The van der Waals surface area contributed by atoms with Crippen LogP contribution in [0, 0.1) is 37.1 Å². The highest BCUT2D eigenvalue weighted by Crippen LogP contribution is 2.32. The Morgan fingerprint density at radius 1 is 0.677 bits per heavy atom. The van der Waals surface area contributed by atoms with E-state index in [1.54, 1.807) is 0 Å². The quantitative estimate of drug-likeness (QED) is 0.316. The molecule has 0 aliphatic carbocycles. The summed E-state index contributed by atoms with van der Waals surface area (Å²) in [5.74, 6) is -3.95. The lowest BCUT2D eigenvalue weighted by Gasteiger charge is -2.17. The summed E-state index contributed by atoms with van der Waals surface area (Å²) in [5.41, 5.74) is 2.32. The average Bonchev–Trinajstić information content (AvgIpc) is 2.76. The first-order chi connectivity index (χ1) is 14.8. The molecule has 164 valence electrons. The van der Waals surface area contributed by atoms with Crippen molar-refractivity contribution in [1.29, 1.82) is 0 Å². The number of halogens is 4. The van der Waals surface area contributed by atoms with Gasteiger partial charge in [0.1, 0.15) is 0 Å². The van der Waals surface area contributed by atoms with Crippen molar-refractivity contribution in [2.24, 2.45) is 0 Å². The van der Waals surface area contributed by atoms with Gasteiger partial charge in [0.15, 0.2) is 23.3 Å². The highest BCUT2D eigenvalue weighted by atomic mass is 19.2. The number of benzene rings is 3. The van der Waals surface area contributed by atoms with E-state index in [0.29, 0.717) is 18.8 Å². The van der Waals surface area contributed by atoms with Gasteiger partial charge in [0, 0.05) is 11.1 Å². The number of aryl methyl sites for hydroxylation is 3. The molecule has 0 aliphatic rings. The molecule has 0 amide bonds. The molecule has 1 unspecified atom stereocenters. The molecule has 0 spiro atoms. The third-order valence-corrected chi connectivity index (χ3v) is 5.91. The van der Waals surface area contributed by atoms with Crippen molar-refractivity contribution in [2.75, 3.05) is 0 Å². The molecule has 3 aromatic carbocycles. The molecule has 0 bridgehead atoms. The molecule has 0 saturated carbocycles. The summed E-state index contributed by atoms with van der Waals surface area (Å²) in [4.78, 5) is 0. The van der Waals surface area contributed by atoms with E-state index < -0.39 is 23.3 Å². The normalized spacial score (nSPS) is 12.2. The Labute approximate surface area is 181 Å². The number of rotatable bonds is 8. The summed E-state index contributed by atoms with van der Waals surface area (Å²) in [5, 5.41) is 0. The lowest BCUT2D eigenvalue weighted by molar-refractivity contribution is 0.488. The molecule has 0 aromatic heterocycles. The van der Waals surface area contributed by atoms with Crippen LogP contribution in [0.3, 0.4) is 0 Å². The first-order valence-corrected chi connectivity index (χ1v) is 10.8. The van der Waals surface area contributed by atoms with Crippen molar-refractivity contribution in [1.82, 2.24) is 0 Å². The molecule has 0 N–H and O–H groups in total. The minimum atomic E-state index is -1.16. The van der Waals surface area contributed by atoms with Gasteiger partial charge in [-0.2, -0.15) is 0 Å². The molecule has 31 heavy (non-hydrogen) atoms. The maximum Gasteiger partial charge on any atom is 0.167 e. The molecule has 0 heterocycles. The van der Waals surface area contributed by atoms with Crippen LogP contribution < -0.4 is 0 Å². The topological polar surface area (TPSA) is 0 Å². The summed E-state index contributed by atoms with van der Waals surface area (Å²) in [6.45, 7) is 5.61. The van der Waals surface area contributed by atoms with E-state index in [2.05, 4.69) is 38.1 Å². The van der Waals surface area contributed by atoms with Crippen LogP contribution in [0.15, 0.2) is 48.5 Å². The Kier molecular flexibility index (Phi) is 7.53. The van der Waals surface area contributed by atoms with Gasteiger partial charge in [-0.15, -0.1) is 0 Å². The maximum absolute atomic E-state index is 14.7. The first-order valence-electron chi connectivity index (χ1n) is 10.8. The van der Waals surface area contributed by atoms with Crippen LogP contribution in [0.4, 0.5) is 17.6 Å². The molecule has 0 saturated heterocycles. The van der Waals surface area contributed by atoms with E-state index in [0.717, 1.165) is 19.3 Å². The highest BCUT2D eigenvalue weighted by molar-refractivity contribution is 5.66. The average molecular weight is 429 g/mol. The second-order valence-electron chi connectivity index (χ2n) is 8.25. The van der Waals surface area contributed by atoms with Gasteiger partial charge < -0.3 is 0 Å². The van der Waals surface area contributed by atoms with Gasteiger partial charge in [0.25, 0.3) is 0 Å². The van der Waals surface area contributed by atoms with Gasteiger partial charge in [0.2, 0.25) is 0 Å². The van der Waals surface area contributed by atoms with Crippen LogP contribution in [0.1, 0.15) is 60.8 Å². The van der Waals surface area contributed by atoms with E-state index >= 15 is 0 Å². The molecule has 1 atom stereocenters. The van der Waals surface area contributed by atoms with E-state index in [-0.39, 0.29) is 22.3 Å². The zero-order chi connectivity index (χ0) is 22.5. The van der Waals surface area contributed by atoms with Crippen LogP contribution in [0.25, 0.3) is 11.1 Å². The fourth-order valence-electron chi connectivity index (χ4n) is 4.05. The first kappa shape index (κ1) is 23.1. The van der Waals surface area contributed by atoms with Crippen LogP contribution in [0.2, 0.25) is 0 Å². The van der Waals surface area contributed by atoms with Gasteiger partial charge >= 0.3 is 0 Å². The standard InChI is InChI=1S/C27H28F4/c1-4-6-19(20-12-9-17(2)10-13-20)7-5-8-21-14-16-23(27(31)25(21)29)22-15-11-18(3)24(28)26(22)30/h9-16,19H,4-8H2,1-3H3. The lowest BCUT2D eigenvalue weighted by Crippen LogP contribution is -2.03. The number of hydrogen-bond donors (Lipinski definition) is 0. The van der Waals surface area contributed by atoms with Crippen LogP contribution in [-0.2, 0) is 6.42 Å². The van der Waals surface area contributed by atoms with E-state index in [9.17, 15) is 17.6 Å². The Morgan fingerprint density at radius 2 is 1.29 bits per heavy atom. The minimum Gasteiger partial charge on any atom is -0.203 e. The summed E-state index contributed by atoms with van der Waals surface area (Å²) >= 11 is 0. The molecule has 0 aliphatic heterocycles. The molecule has 0 fully saturated rings. The summed E-state index contributed by atoms with van der Waals surface area (Å²) in [7, 11) is 0. The van der Waals surface area contributed by atoms with Crippen LogP contribution in [-0.4, -0.2) is 0 Å². The second-order valence-corrected chi connectivity index (χ2v) is 8.25. The molecule has 3 rings (SSSR count). The monoisotopic (exact) mass is 428 g/mol. The summed E-state index contributed by atoms with van der Waals surface area (Å²) in [6.07, 6.45) is 4.06. The van der Waals surface area contributed by atoms with Crippen molar-refractivity contribution in [3.05, 3.63) is 94.1 Å². The smallest absolute Gasteiger partial charge is 0.167 e. The molecule has 3 aromatic rings. The predicted octanol–water partition coefficient (Wildman–Crippen LogP) is 8.43. The Balaban J connectivity index is 1.75. The Bertz CT molecular complexity index is 1040. The maximum atomic E-state index is 14.7. The van der Waals surface area contributed by atoms with Crippen molar-refractivity contribution in [3.8, 4) is 11.1 Å². The summed E-state index contributed by atoms with van der Waals surface area (Å²) < 4.78 is 57.5. The van der Waals surface area contributed by atoms with Gasteiger partial charge in [-0.3, -0.25) is 0 Å². The molecule has 0 nitrogen and oxygen atoms in total. The largest absolute Gasteiger partial charge is 0.203 e. The fraction of sp³-hybridized carbons (Fsp3) is 0.333. The van der Waals surface area contributed by atoms with Gasteiger partial charge in [-0.05, 0) is 62.1 Å². The third-order valence-electron chi connectivity index (χ3n) is 5.91. The van der Waals surface area contributed by atoms with E-state index in [1.807, 2.05) is 0 Å².